The molecular formula is C42H74N2O6. The Hall–Kier alpha value is -0.320. The third-order valence-corrected chi connectivity index (χ3v) is 17.1. The van der Waals surface area contributed by atoms with Crippen molar-refractivity contribution in [2.75, 3.05) is 46.5 Å². The minimum atomic E-state index is -0.898. The number of aliphatic hydroxyl groups excluding tert-OH is 1. The summed E-state index contributed by atoms with van der Waals surface area (Å²) in [4.78, 5) is 5.23. The molecule has 0 bridgehead atoms. The van der Waals surface area contributed by atoms with E-state index in [-0.39, 0.29) is 30.0 Å². The Kier molecular flexibility index (Phi) is 10.2. The third-order valence-electron chi connectivity index (χ3n) is 17.1. The molecule has 2 N–H and O–H groups in total. The van der Waals surface area contributed by atoms with Gasteiger partial charge in [0.2, 0.25) is 0 Å². The zero-order valence-electron chi connectivity index (χ0n) is 33.5. The lowest BCUT2D eigenvalue weighted by Crippen LogP contribution is -2.64. The van der Waals surface area contributed by atoms with Gasteiger partial charge in [0, 0.05) is 52.0 Å². The molecule has 0 amide bonds. The van der Waals surface area contributed by atoms with Crippen LogP contribution in [0.4, 0.5) is 0 Å². The van der Waals surface area contributed by atoms with E-state index in [1.165, 1.54) is 64.5 Å². The second-order valence-electron chi connectivity index (χ2n) is 19.8. The van der Waals surface area contributed by atoms with Gasteiger partial charge in [-0.2, -0.15) is 0 Å². The van der Waals surface area contributed by atoms with Crippen LogP contribution in [0.1, 0.15) is 120 Å². The molecule has 3 aliphatic heterocycles. The maximum atomic E-state index is 11.0. The maximum Gasteiger partial charge on any atom is 0.170 e. The van der Waals surface area contributed by atoms with Crippen LogP contribution in [0, 0.1) is 51.2 Å². The van der Waals surface area contributed by atoms with Gasteiger partial charge >= 0.3 is 0 Å². The normalized spacial score (nSPS) is 47.8. The zero-order valence-corrected chi connectivity index (χ0v) is 33.5. The van der Waals surface area contributed by atoms with Gasteiger partial charge in [-0.15, -0.1) is 0 Å². The highest BCUT2D eigenvalue weighted by molar-refractivity contribution is 5.32. The van der Waals surface area contributed by atoms with Crippen LogP contribution in [0.15, 0.2) is 0 Å². The second-order valence-corrected chi connectivity index (χ2v) is 19.8. The Labute approximate surface area is 304 Å². The van der Waals surface area contributed by atoms with Crippen molar-refractivity contribution in [3.63, 3.8) is 0 Å². The lowest BCUT2D eigenvalue weighted by atomic mass is 9.46. The fraction of sp³-hybridized carbons (Fsp3) is 1.00. The first kappa shape index (κ1) is 38.0. The molecule has 8 aliphatic rings. The van der Waals surface area contributed by atoms with E-state index < -0.39 is 5.60 Å². The van der Waals surface area contributed by atoms with Gasteiger partial charge in [0.1, 0.15) is 6.10 Å². The Balaban J connectivity index is 0.00000193. The molecule has 12 unspecified atom stereocenters. The van der Waals surface area contributed by atoms with Gasteiger partial charge in [0.15, 0.2) is 6.29 Å². The van der Waals surface area contributed by atoms with Crippen LogP contribution >= 0.6 is 0 Å². The van der Waals surface area contributed by atoms with E-state index in [9.17, 15) is 5.11 Å². The first-order chi connectivity index (χ1) is 23.7. The summed E-state index contributed by atoms with van der Waals surface area (Å²) in [5.74, 6) is 3.76. The topological polar surface area (TPSA) is 83.9 Å². The van der Waals surface area contributed by atoms with Crippen LogP contribution in [-0.4, -0.2) is 115 Å². The van der Waals surface area contributed by atoms with Crippen molar-refractivity contribution in [3.05, 3.63) is 0 Å². The molecule has 8 heteroatoms. The summed E-state index contributed by atoms with van der Waals surface area (Å²) in [5.41, 5.74) is 0.615. The maximum absolute atomic E-state index is 11.0. The van der Waals surface area contributed by atoms with Crippen molar-refractivity contribution >= 4 is 0 Å². The molecular weight excluding hydrogens is 628 g/mol. The zero-order chi connectivity index (χ0) is 36.0. The predicted octanol–water partition coefficient (Wildman–Crippen LogP) is 6.36. The lowest BCUT2D eigenvalue weighted by molar-refractivity contribution is -0.250. The van der Waals surface area contributed by atoms with Gasteiger partial charge in [-0.05, 0) is 144 Å². The van der Waals surface area contributed by atoms with Crippen LogP contribution in [0.25, 0.3) is 0 Å². The average Bonchev–Trinajstić information content (AvgIpc) is 3.42. The number of fused-ring (bicyclic) bond motifs is 4. The molecule has 288 valence electrons. The first-order valence-electron chi connectivity index (χ1n) is 20.9. The van der Waals surface area contributed by atoms with Gasteiger partial charge in [0.05, 0.1) is 30.5 Å². The van der Waals surface area contributed by atoms with E-state index in [0.29, 0.717) is 47.0 Å². The van der Waals surface area contributed by atoms with Gasteiger partial charge in [0.25, 0.3) is 0 Å². The second kappa shape index (κ2) is 13.5. The van der Waals surface area contributed by atoms with Gasteiger partial charge in [-0.3, -0.25) is 9.80 Å². The third kappa shape index (κ3) is 5.56. The van der Waals surface area contributed by atoms with Crippen molar-refractivity contribution in [1.29, 1.82) is 0 Å². The fourth-order valence-electron chi connectivity index (χ4n) is 14.8. The van der Waals surface area contributed by atoms with Crippen molar-refractivity contribution in [2.45, 2.75) is 168 Å². The summed E-state index contributed by atoms with van der Waals surface area (Å²) in [6.45, 7) is 26.6. The first-order valence-corrected chi connectivity index (χ1v) is 20.9. The SMILES string of the molecule is CCOC(C1CCC2C(CC3C4CCC5C(C)(C)C(OC6CN(C7CN(C(C)C)C7)CCO6)CCC56[C@@H](C)C46CCC23C)O1)C(C)(C)O.CO. The summed E-state index contributed by atoms with van der Waals surface area (Å²) >= 11 is 0. The highest BCUT2D eigenvalue weighted by atomic mass is 16.7. The van der Waals surface area contributed by atoms with E-state index in [0.717, 1.165) is 56.9 Å². The molecule has 3 saturated heterocycles. The molecule has 0 aromatic carbocycles. The molecule has 2 spiro atoms. The number of morpholine rings is 1. The van der Waals surface area contributed by atoms with Crippen molar-refractivity contribution in [3.8, 4) is 0 Å². The van der Waals surface area contributed by atoms with E-state index in [1.807, 2.05) is 20.8 Å². The van der Waals surface area contributed by atoms with E-state index >= 15 is 0 Å². The number of rotatable bonds is 8. The smallest absolute Gasteiger partial charge is 0.170 e. The molecule has 5 aliphatic carbocycles. The molecule has 8 fully saturated rings. The Morgan fingerprint density at radius 3 is 2.30 bits per heavy atom. The molecule has 8 nitrogen and oxygen atoms in total. The Bertz CT molecular complexity index is 1200. The van der Waals surface area contributed by atoms with Crippen molar-refractivity contribution in [1.82, 2.24) is 9.80 Å². The van der Waals surface area contributed by atoms with E-state index in [4.69, 9.17) is 24.1 Å². The van der Waals surface area contributed by atoms with Crippen LogP contribution in [0.3, 0.4) is 0 Å². The van der Waals surface area contributed by atoms with E-state index in [1.54, 1.807) is 0 Å². The molecule has 50 heavy (non-hydrogen) atoms. The van der Waals surface area contributed by atoms with Gasteiger partial charge in [-0.25, -0.2) is 0 Å². The number of hydrogen-bond donors (Lipinski definition) is 2. The number of likely N-dealkylation sites (tertiary alicyclic amines) is 1. The molecule has 0 radical (unpaired) electrons. The molecule has 0 aromatic rings. The van der Waals surface area contributed by atoms with Crippen molar-refractivity contribution < 1.29 is 29.2 Å². The molecule has 0 aromatic heterocycles. The summed E-state index contributed by atoms with van der Waals surface area (Å²) < 4.78 is 26.5. The lowest BCUT2D eigenvalue weighted by Gasteiger charge is -2.60. The summed E-state index contributed by atoms with van der Waals surface area (Å²) in [7, 11) is 1.00. The Morgan fingerprint density at radius 2 is 1.62 bits per heavy atom. The van der Waals surface area contributed by atoms with Crippen molar-refractivity contribution in [2.24, 2.45) is 51.2 Å². The van der Waals surface area contributed by atoms with Crippen LogP contribution in [0.2, 0.25) is 0 Å². The van der Waals surface area contributed by atoms with Gasteiger partial charge < -0.3 is 29.2 Å². The highest BCUT2D eigenvalue weighted by Gasteiger charge is 2.84. The number of nitrogens with zero attached hydrogens (tertiary/aromatic N) is 2. The van der Waals surface area contributed by atoms with Crippen LogP contribution < -0.4 is 0 Å². The molecule has 3 heterocycles. The van der Waals surface area contributed by atoms with Crippen LogP contribution in [0.5, 0.6) is 0 Å². The fourth-order valence-corrected chi connectivity index (χ4v) is 14.8. The highest BCUT2D eigenvalue weighted by Crippen LogP contribution is 2.89. The number of hydrogen-bond acceptors (Lipinski definition) is 8. The minimum absolute atomic E-state index is 0.00871. The molecule has 13 atom stereocenters. The molecule has 8 rings (SSSR count). The van der Waals surface area contributed by atoms with Gasteiger partial charge in [-0.1, -0.05) is 27.7 Å². The largest absolute Gasteiger partial charge is 0.400 e. The quantitative estimate of drug-likeness (QED) is 0.303. The number of ether oxygens (including phenoxy) is 4. The molecule has 5 saturated carbocycles. The summed E-state index contributed by atoms with van der Waals surface area (Å²) in [6, 6.07) is 1.30. The minimum Gasteiger partial charge on any atom is -0.400 e. The number of aliphatic hydroxyl groups is 2. The van der Waals surface area contributed by atoms with Crippen LogP contribution in [-0.2, 0) is 18.9 Å². The summed E-state index contributed by atoms with van der Waals surface area (Å²) in [6.07, 6.45) is 11.7. The predicted molar refractivity (Wildman–Crippen MR) is 197 cm³/mol. The monoisotopic (exact) mass is 703 g/mol. The standard InChI is InChI=1S/C41H70N2O5.CH4O/c1-10-45-36(38(7,8)44)31-13-11-29-32(47-31)21-30-28-12-14-33-37(5,6)34(15-16-41(33)26(4)40(28,41)18-17-39(29,30)9)48-35-24-42(19-20-46-35)27-22-43(23-27)25(2)3;1-2/h25-36,44H,10-24H2,1-9H3;2H,1H3/t26-,28?,29?,30?,31?,32?,33?,34?,35?,36?,39?,40?,41?;/m0./s1. The Morgan fingerprint density at radius 1 is 0.900 bits per heavy atom. The average molecular weight is 703 g/mol. The summed E-state index contributed by atoms with van der Waals surface area (Å²) in [5, 5.41) is 18.0. The van der Waals surface area contributed by atoms with E-state index in [2.05, 4.69) is 51.3 Å².